The molecule has 1 aliphatic carbocycles. The largest absolute Gasteiger partial charge is 0.337 e. The van der Waals surface area contributed by atoms with E-state index in [1.54, 1.807) is 24.3 Å². The van der Waals surface area contributed by atoms with Crippen molar-refractivity contribution < 1.29 is 18.8 Å². The van der Waals surface area contributed by atoms with Gasteiger partial charge in [-0.25, -0.2) is 9.49 Å². The number of likely N-dealkylation sites (tertiary alicyclic amines) is 2. The molecule has 3 aliphatic rings. The average molecular weight is 474 g/mol. The van der Waals surface area contributed by atoms with Crippen molar-refractivity contribution in [3.63, 3.8) is 0 Å². The normalized spacial score (nSPS) is 21.7. The molecule has 1 saturated carbocycles. The van der Waals surface area contributed by atoms with E-state index >= 15 is 0 Å². The Bertz CT molecular complexity index is 1420. The number of hydrogen-bond donors (Lipinski definition) is 1. The Kier molecular flexibility index (Phi) is 5.01. The van der Waals surface area contributed by atoms with Gasteiger partial charge in [-0.1, -0.05) is 24.3 Å². The summed E-state index contributed by atoms with van der Waals surface area (Å²) in [6.45, 7) is 0.707. The summed E-state index contributed by atoms with van der Waals surface area (Å²) in [5, 5.41) is 7.83. The number of benzene rings is 2. The molecule has 2 aliphatic heterocycles. The Morgan fingerprint density at radius 1 is 1.00 bits per heavy atom. The van der Waals surface area contributed by atoms with Gasteiger partial charge in [0.25, 0.3) is 11.5 Å². The van der Waals surface area contributed by atoms with E-state index in [0.717, 1.165) is 12.8 Å². The summed E-state index contributed by atoms with van der Waals surface area (Å²) in [6.07, 6.45) is 2.37. The topological polar surface area (TPSA) is 103 Å². The minimum Gasteiger partial charge on any atom is -0.337 e. The summed E-state index contributed by atoms with van der Waals surface area (Å²) in [6, 6.07) is 11.4. The molecule has 9 heteroatoms. The third kappa shape index (κ3) is 3.71. The second-order valence-electron chi connectivity index (χ2n) is 9.69. The highest BCUT2D eigenvalue weighted by Gasteiger charge is 2.54. The van der Waals surface area contributed by atoms with Crippen LogP contribution in [-0.2, 0) is 16.0 Å². The summed E-state index contributed by atoms with van der Waals surface area (Å²) in [7, 11) is 0. The molecule has 3 fully saturated rings. The first-order chi connectivity index (χ1) is 16.9. The minimum absolute atomic E-state index is 0.106. The van der Waals surface area contributed by atoms with E-state index in [-0.39, 0.29) is 42.4 Å². The van der Waals surface area contributed by atoms with E-state index in [2.05, 4.69) is 10.2 Å². The second kappa shape index (κ2) is 8.11. The zero-order valence-corrected chi connectivity index (χ0v) is 18.9. The summed E-state index contributed by atoms with van der Waals surface area (Å²) in [5.74, 6) is -2.32. The van der Waals surface area contributed by atoms with Crippen LogP contribution in [0.2, 0.25) is 0 Å². The van der Waals surface area contributed by atoms with Crippen molar-refractivity contribution in [2.75, 3.05) is 19.6 Å². The molecular weight excluding hydrogens is 451 g/mol. The SMILES string of the molecule is O=C(c1cc(Cc2n[nH]c(=O)c3ccccc23)ccc1F)N1CC2C(=O)N(CC3CC3)C(=O)C2C1. The maximum Gasteiger partial charge on any atom is 0.272 e. The number of halogens is 1. The van der Waals surface area contributed by atoms with Gasteiger partial charge in [-0.15, -0.1) is 0 Å². The third-order valence-corrected chi connectivity index (χ3v) is 7.32. The molecule has 0 spiro atoms. The number of nitrogens with zero attached hydrogens (tertiary/aromatic N) is 3. The highest BCUT2D eigenvalue weighted by Crippen LogP contribution is 2.38. The molecule has 3 aromatic rings. The molecular formula is C26H23FN4O4. The van der Waals surface area contributed by atoms with Crippen LogP contribution in [0.25, 0.3) is 10.8 Å². The Labute approximate surface area is 199 Å². The maximum atomic E-state index is 14.7. The molecule has 6 rings (SSSR count). The standard InChI is InChI=1S/C26H23FN4O4/c27-21-8-7-15(10-22-16-3-1-2-4-17(16)23(32)29-28-22)9-18(21)24(33)30-12-19-20(13-30)26(35)31(25(19)34)11-14-5-6-14/h1-4,7-9,14,19-20H,5-6,10-13H2,(H,29,32). The van der Waals surface area contributed by atoms with Gasteiger partial charge in [0.1, 0.15) is 5.82 Å². The first-order valence-corrected chi connectivity index (χ1v) is 11.8. The molecule has 2 aromatic carbocycles. The Hall–Kier alpha value is -3.88. The van der Waals surface area contributed by atoms with Gasteiger partial charge in [-0.2, -0.15) is 5.10 Å². The highest BCUT2D eigenvalue weighted by molar-refractivity contribution is 6.07. The fourth-order valence-electron chi connectivity index (χ4n) is 5.23. The Morgan fingerprint density at radius 3 is 2.37 bits per heavy atom. The first kappa shape index (κ1) is 21.6. The molecule has 178 valence electrons. The number of aromatic nitrogens is 2. The number of imide groups is 1. The molecule has 0 radical (unpaired) electrons. The molecule has 2 atom stereocenters. The van der Waals surface area contributed by atoms with E-state index in [1.165, 1.54) is 21.9 Å². The minimum atomic E-state index is -0.664. The lowest BCUT2D eigenvalue weighted by atomic mass is 10.00. The summed E-state index contributed by atoms with van der Waals surface area (Å²) in [5.41, 5.74) is 0.860. The number of nitrogens with one attached hydrogen (secondary N) is 1. The van der Waals surface area contributed by atoms with Gasteiger partial charge in [0.15, 0.2) is 0 Å². The monoisotopic (exact) mass is 474 g/mol. The fraction of sp³-hybridized carbons (Fsp3) is 0.346. The van der Waals surface area contributed by atoms with Gasteiger partial charge >= 0.3 is 0 Å². The van der Waals surface area contributed by atoms with Gasteiger partial charge in [0.05, 0.1) is 28.5 Å². The van der Waals surface area contributed by atoms with E-state index in [4.69, 9.17) is 0 Å². The summed E-state index contributed by atoms with van der Waals surface area (Å²) in [4.78, 5) is 53.6. The van der Waals surface area contributed by atoms with Gasteiger partial charge in [0.2, 0.25) is 11.8 Å². The number of aromatic amines is 1. The van der Waals surface area contributed by atoms with Crippen molar-refractivity contribution in [3.8, 4) is 0 Å². The molecule has 0 bridgehead atoms. The smallest absolute Gasteiger partial charge is 0.272 e. The van der Waals surface area contributed by atoms with Crippen molar-refractivity contribution in [2.45, 2.75) is 19.3 Å². The van der Waals surface area contributed by atoms with Crippen LogP contribution >= 0.6 is 0 Å². The molecule has 2 saturated heterocycles. The summed E-state index contributed by atoms with van der Waals surface area (Å²) < 4.78 is 14.7. The lowest BCUT2D eigenvalue weighted by molar-refractivity contribution is -0.140. The first-order valence-electron chi connectivity index (χ1n) is 11.8. The lowest BCUT2D eigenvalue weighted by Crippen LogP contribution is -2.39. The lowest BCUT2D eigenvalue weighted by Gasteiger charge is -2.21. The van der Waals surface area contributed by atoms with Gasteiger partial charge < -0.3 is 4.90 Å². The summed E-state index contributed by atoms with van der Waals surface area (Å²) >= 11 is 0. The van der Waals surface area contributed by atoms with Crippen molar-refractivity contribution in [3.05, 3.63) is 75.5 Å². The van der Waals surface area contributed by atoms with Crippen LogP contribution in [0, 0.1) is 23.6 Å². The zero-order valence-electron chi connectivity index (χ0n) is 18.9. The van der Waals surface area contributed by atoms with Crippen LogP contribution in [-0.4, -0.2) is 57.4 Å². The highest BCUT2D eigenvalue weighted by atomic mass is 19.1. The van der Waals surface area contributed by atoms with Gasteiger partial charge in [-0.05, 0) is 42.5 Å². The Balaban J connectivity index is 1.23. The number of rotatable bonds is 5. The van der Waals surface area contributed by atoms with E-state index in [1.807, 2.05) is 6.07 Å². The predicted molar refractivity (Wildman–Crippen MR) is 124 cm³/mol. The van der Waals surface area contributed by atoms with Crippen molar-refractivity contribution in [2.24, 2.45) is 17.8 Å². The van der Waals surface area contributed by atoms with Crippen LogP contribution < -0.4 is 5.56 Å². The number of carbonyl (C=O) groups excluding carboxylic acids is 3. The van der Waals surface area contributed by atoms with E-state index in [0.29, 0.717) is 34.5 Å². The number of carbonyl (C=O) groups is 3. The number of fused-ring (bicyclic) bond motifs is 2. The number of amides is 3. The van der Waals surface area contributed by atoms with Crippen LogP contribution in [0.1, 0.15) is 34.5 Å². The van der Waals surface area contributed by atoms with Crippen molar-refractivity contribution in [1.29, 1.82) is 0 Å². The zero-order chi connectivity index (χ0) is 24.3. The fourth-order valence-corrected chi connectivity index (χ4v) is 5.23. The molecule has 8 nitrogen and oxygen atoms in total. The molecule has 3 amide bonds. The van der Waals surface area contributed by atoms with Crippen molar-refractivity contribution >= 4 is 28.5 Å². The van der Waals surface area contributed by atoms with Crippen molar-refractivity contribution in [1.82, 2.24) is 20.0 Å². The van der Waals surface area contributed by atoms with Gasteiger partial charge in [0, 0.05) is 31.4 Å². The maximum absolute atomic E-state index is 14.7. The van der Waals surface area contributed by atoms with E-state index < -0.39 is 23.6 Å². The molecule has 3 heterocycles. The average Bonchev–Trinajstić information content (AvgIpc) is 3.53. The molecule has 1 N–H and O–H groups in total. The van der Waals surface area contributed by atoms with Crippen LogP contribution in [0.5, 0.6) is 0 Å². The second-order valence-corrected chi connectivity index (χ2v) is 9.69. The quantitative estimate of drug-likeness (QED) is 0.571. The molecule has 2 unspecified atom stereocenters. The Morgan fingerprint density at radius 2 is 1.69 bits per heavy atom. The van der Waals surface area contributed by atoms with E-state index in [9.17, 15) is 23.6 Å². The van der Waals surface area contributed by atoms with Crippen LogP contribution in [0.15, 0.2) is 47.3 Å². The number of hydrogen-bond acceptors (Lipinski definition) is 5. The van der Waals surface area contributed by atoms with Crippen LogP contribution in [0.3, 0.4) is 0 Å². The molecule has 1 aromatic heterocycles. The molecule has 35 heavy (non-hydrogen) atoms. The third-order valence-electron chi connectivity index (χ3n) is 7.32. The van der Waals surface area contributed by atoms with Gasteiger partial charge in [-0.3, -0.25) is 24.1 Å². The van der Waals surface area contributed by atoms with Crippen LogP contribution in [0.4, 0.5) is 4.39 Å². The number of H-pyrrole nitrogens is 1. The predicted octanol–water partition coefficient (Wildman–Crippen LogP) is 2.12.